The Morgan fingerprint density at radius 2 is 0.645 bits per heavy atom. The zero-order valence-corrected chi connectivity index (χ0v) is 40.9. The Hall–Kier alpha value is -10.3. The summed E-state index contributed by atoms with van der Waals surface area (Å²) in [5.74, 6) is 0.610. The molecule has 0 spiro atoms. The van der Waals surface area contributed by atoms with Gasteiger partial charge in [0.15, 0.2) is 5.82 Å². The van der Waals surface area contributed by atoms with E-state index in [0.717, 1.165) is 128 Å². The number of rotatable bonds is 7. The number of fused-ring (bicyclic) bond motifs is 12. The summed E-state index contributed by atoms with van der Waals surface area (Å²) in [6.07, 6.45) is 0. The van der Waals surface area contributed by atoms with Crippen molar-refractivity contribution in [2.75, 3.05) is 0 Å². The van der Waals surface area contributed by atoms with Crippen LogP contribution in [0.2, 0.25) is 0 Å². The Labute approximate surface area is 435 Å². The molecule has 354 valence electrons. The lowest BCUT2D eigenvalue weighted by Crippen LogP contribution is -2.02. The first-order chi connectivity index (χ1) is 37.7. The SMILES string of the molecule is c1ccc(-c2cc(-c3cc(-c4cccc5oc6ccccc6c45)cc(-c4cccc5oc6ccccc6c45)c3)nc(-c3cc(-n4c5ccccc5c5ccccc54)cc(-n4c5ccccc5c5ccccc54)c3)n2)cc1. The van der Waals surface area contributed by atoms with E-state index in [1.165, 1.54) is 21.5 Å². The molecule has 5 heterocycles. The highest BCUT2D eigenvalue weighted by molar-refractivity contribution is 6.15. The van der Waals surface area contributed by atoms with Gasteiger partial charge in [0, 0.05) is 71.2 Å². The molecule has 0 atom stereocenters. The van der Waals surface area contributed by atoms with Gasteiger partial charge in [-0.15, -0.1) is 0 Å². The molecule has 0 radical (unpaired) electrons. The number of aromatic nitrogens is 4. The monoisotopic (exact) mass is 970 g/mol. The molecule has 0 aliphatic carbocycles. The molecule has 0 aliphatic rings. The summed E-state index contributed by atoms with van der Waals surface area (Å²) in [6.45, 7) is 0. The third-order valence-electron chi connectivity index (χ3n) is 15.3. The lowest BCUT2D eigenvalue weighted by atomic mass is 9.91. The largest absolute Gasteiger partial charge is 0.456 e. The van der Waals surface area contributed by atoms with E-state index in [9.17, 15) is 0 Å². The number of hydrogen-bond donors (Lipinski definition) is 0. The fraction of sp³-hybridized carbons (Fsp3) is 0. The van der Waals surface area contributed by atoms with Crippen molar-refractivity contribution in [2.24, 2.45) is 0 Å². The Morgan fingerprint density at radius 1 is 0.263 bits per heavy atom. The van der Waals surface area contributed by atoms with Gasteiger partial charge in [-0.2, -0.15) is 0 Å². The molecule has 0 unspecified atom stereocenters. The number of hydrogen-bond acceptors (Lipinski definition) is 4. The first-order valence-electron chi connectivity index (χ1n) is 25.7. The lowest BCUT2D eigenvalue weighted by Gasteiger charge is -2.17. The zero-order chi connectivity index (χ0) is 49.8. The van der Waals surface area contributed by atoms with Crippen LogP contribution in [0.25, 0.3) is 155 Å². The highest BCUT2D eigenvalue weighted by Crippen LogP contribution is 2.44. The third kappa shape index (κ3) is 6.54. The molecule has 76 heavy (non-hydrogen) atoms. The highest BCUT2D eigenvalue weighted by Gasteiger charge is 2.22. The summed E-state index contributed by atoms with van der Waals surface area (Å²) in [6, 6.07) is 90.4. The minimum absolute atomic E-state index is 0.610. The van der Waals surface area contributed by atoms with Crippen LogP contribution in [0.1, 0.15) is 0 Å². The van der Waals surface area contributed by atoms with Gasteiger partial charge in [0.1, 0.15) is 22.3 Å². The fourth-order valence-electron chi connectivity index (χ4n) is 12.0. The summed E-state index contributed by atoms with van der Waals surface area (Å²) in [5, 5.41) is 9.06. The van der Waals surface area contributed by atoms with Gasteiger partial charge in [0.25, 0.3) is 0 Å². The molecule has 0 bridgehead atoms. The first-order valence-corrected chi connectivity index (χ1v) is 25.7. The molecule has 0 N–H and O–H groups in total. The molecule has 16 rings (SSSR count). The Balaban J connectivity index is 0.991. The van der Waals surface area contributed by atoms with Crippen molar-refractivity contribution < 1.29 is 8.83 Å². The summed E-state index contributed by atoms with van der Waals surface area (Å²) >= 11 is 0. The smallest absolute Gasteiger partial charge is 0.160 e. The van der Waals surface area contributed by atoms with E-state index in [1.54, 1.807) is 0 Å². The molecule has 6 nitrogen and oxygen atoms in total. The fourth-order valence-corrected chi connectivity index (χ4v) is 12.0. The van der Waals surface area contributed by atoms with E-state index in [1.807, 2.05) is 24.3 Å². The minimum atomic E-state index is 0.610. The summed E-state index contributed by atoms with van der Waals surface area (Å²) < 4.78 is 17.8. The minimum Gasteiger partial charge on any atom is -0.456 e. The average molecular weight is 971 g/mol. The van der Waals surface area contributed by atoms with Crippen LogP contribution in [0.5, 0.6) is 0 Å². The van der Waals surface area contributed by atoms with Crippen LogP contribution >= 0.6 is 0 Å². The lowest BCUT2D eigenvalue weighted by molar-refractivity contribution is 0.668. The number of nitrogens with zero attached hydrogens (tertiary/aromatic N) is 4. The molecule has 5 aromatic heterocycles. The molecule has 0 amide bonds. The summed E-state index contributed by atoms with van der Waals surface area (Å²) in [5.41, 5.74) is 18.6. The van der Waals surface area contributed by atoms with E-state index in [0.29, 0.717) is 5.82 Å². The summed E-state index contributed by atoms with van der Waals surface area (Å²) in [4.78, 5) is 11.2. The van der Waals surface area contributed by atoms with Crippen molar-refractivity contribution in [1.29, 1.82) is 0 Å². The predicted molar refractivity (Wildman–Crippen MR) is 312 cm³/mol. The van der Waals surface area contributed by atoms with Gasteiger partial charge in [0.2, 0.25) is 0 Å². The Bertz CT molecular complexity index is 4640. The quantitative estimate of drug-likeness (QED) is 0.160. The molecule has 0 aliphatic heterocycles. The molecule has 0 fully saturated rings. The number of furan rings is 2. The Morgan fingerprint density at radius 3 is 1.12 bits per heavy atom. The van der Waals surface area contributed by atoms with Crippen LogP contribution in [-0.4, -0.2) is 19.1 Å². The van der Waals surface area contributed by atoms with Gasteiger partial charge in [-0.1, -0.05) is 164 Å². The zero-order valence-electron chi connectivity index (χ0n) is 40.9. The maximum absolute atomic E-state index is 6.50. The maximum atomic E-state index is 6.50. The first kappa shape index (κ1) is 42.2. The van der Waals surface area contributed by atoms with Gasteiger partial charge in [0.05, 0.1) is 33.5 Å². The predicted octanol–water partition coefficient (Wildman–Crippen LogP) is 18.8. The molecule has 6 heteroatoms. The second-order valence-electron chi connectivity index (χ2n) is 19.7. The van der Waals surface area contributed by atoms with Crippen molar-refractivity contribution >= 4 is 87.5 Å². The van der Waals surface area contributed by atoms with E-state index in [-0.39, 0.29) is 0 Å². The van der Waals surface area contributed by atoms with Gasteiger partial charge in [-0.25, -0.2) is 9.97 Å². The van der Waals surface area contributed by atoms with Gasteiger partial charge in [-0.3, -0.25) is 0 Å². The number of para-hydroxylation sites is 6. The van der Waals surface area contributed by atoms with Crippen LogP contribution in [0.3, 0.4) is 0 Å². The van der Waals surface area contributed by atoms with Crippen LogP contribution in [-0.2, 0) is 0 Å². The number of benzene rings is 11. The van der Waals surface area contributed by atoms with Crippen LogP contribution in [0.15, 0.2) is 264 Å². The van der Waals surface area contributed by atoms with Gasteiger partial charge in [-0.05, 0) is 113 Å². The van der Waals surface area contributed by atoms with Crippen molar-refractivity contribution in [1.82, 2.24) is 19.1 Å². The van der Waals surface area contributed by atoms with Crippen LogP contribution < -0.4 is 0 Å². The molecular weight excluding hydrogens is 929 g/mol. The van der Waals surface area contributed by atoms with Crippen molar-refractivity contribution in [3.8, 4) is 67.5 Å². The van der Waals surface area contributed by atoms with Crippen LogP contribution in [0.4, 0.5) is 0 Å². The summed E-state index contributed by atoms with van der Waals surface area (Å²) in [7, 11) is 0. The van der Waals surface area contributed by atoms with Gasteiger partial charge < -0.3 is 18.0 Å². The normalized spacial score (nSPS) is 11.9. The topological polar surface area (TPSA) is 61.9 Å². The standard InChI is InChI=1S/C70H42N4O2/c1-2-18-43(19-3-1)58-42-59(46-37-44(50-26-16-34-66-68(50)56-24-8-14-32-64(56)75-66)36-45(38-46)51-27-17-35-67-69(51)57-25-9-15-33-65(57)76-67)72-70(71-58)47-39-48(73-60-28-10-4-20-52(60)53-21-5-11-29-61(53)73)41-49(40-47)74-62-30-12-6-22-54(62)55-23-7-13-31-63(55)74/h1-42H. The Kier molecular flexibility index (Phi) is 9.23. The molecular formula is C70H42N4O2. The maximum Gasteiger partial charge on any atom is 0.160 e. The molecule has 0 saturated carbocycles. The third-order valence-corrected chi connectivity index (χ3v) is 15.3. The average Bonchev–Trinajstić information content (AvgIpc) is 4.28. The van der Waals surface area contributed by atoms with Crippen molar-refractivity contribution in [3.63, 3.8) is 0 Å². The highest BCUT2D eigenvalue weighted by atomic mass is 16.3. The molecule has 16 aromatic rings. The molecule has 0 saturated heterocycles. The van der Waals surface area contributed by atoms with Gasteiger partial charge >= 0.3 is 0 Å². The van der Waals surface area contributed by atoms with E-state index in [4.69, 9.17) is 18.8 Å². The van der Waals surface area contributed by atoms with E-state index < -0.39 is 0 Å². The second kappa shape index (κ2) is 16.6. The van der Waals surface area contributed by atoms with Crippen LogP contribution in [0, 0.1) is 0 Å². The van der Waals surface area contributed by atoms with E-state index in [2.05, 4.69) is 240 Å². The van der Waals surface area contributed by atoms with Crippen molar-refractivity contribution in [3.05, 3.63) is 255 Å². The second-order valence-corrected chi connectivity index (χ2v) is 19.7. The van der Waals surface area contributed by atoms with Crippen molar-refractivity contribution in [2.45, 2.75) is 0 Å². The van der Waals surface area contributed by atoms with E-state index >= 15 is 0 Å². The molecule has 11 aromatic carbocycles.